The summed E-state index contributed by atoms with van der Waals surface area (Å²) in [6.45, 7) is 0.523. The summed E-state index contributed by atoms with van der Waals surface area (Å²) in [6, 6.07) is 11.3. The van der Waals surface area contributed by atoms with Crippen molar-refractivity contribution in [3.05, 3.63) is 59.4 Å². The number of carboxylic acid groups (broad SMARTS) is 1. The lowest BCUT2D eigenvalue weighted by Crippen LogP contribution is -2.23. The van der Waals surface area contributed by atoms with Crippen LogP contribution in [0.2, 0.25) is 0 Å². The largest absolute Gasteiger partial charge is 0.493 e. The fraction of sp³-hybridized carbons (Fsp3) is 0.263. The van der Waals surface area contributed by atoms with Gasteiger partial charge in [-0.05, 0) is 35.4 Å². The molecule has 0 aliphatic heterocycles. The normalized spacial score (nSPS) is 10.2. The highest BCUT2D eigenvalue weighted by atomic mass is 19.1. The third-order valence-electron chi connectivity index (χ3n) is 3.59. The molecule has 0 saturated carbocycles. The predicted molar refractivity (Wildman–Crippen MR) is 92.4 cm³/mol. The lowest BCUT2D eigenvalue weighted by molar-refractivity contribution is -0.138. The van der Waals surface area contributed by atoms with Crippen molar-refractivity contribution in [2.45, 2.75) is 26.0 Å². The highest BCUT2D eigenvalue weighted by Crippen LogP contribution is 2.28. The summed E-state index contributed by atoms with van der Waals surface area (Å²) in [7, 11) is 1.51. The molecule has 0 aliphatic rings. The van der Waals surface area contributed by atoms with Crippen LogP contribution in [0.15, 0.2) is 42.5 Å². The fourth-order valence-corrected chi connectivity index (χ4v) is 2.19. The van der Waals surface area contributed by atoms with Crippen molar-refractivity contribution < 1.29 is 28.6 Å². The minimum atomic E-state index is -1.01. The zero-order valence-electron chi connectivity index (χ0n) is 14.3. The number of ether oxygens (including phenoxy) is 2. The zero-order chi connectivity index (χ0) is 18.9. The van der Waals surface area contributed by atoms with Crippen molar-refractivity contribution >= 4 is 11.9 Å². The first-order valence-corrected chi connectivity index (χ1v) is 8.00. The first kappa shape index (κ1) is 19.2. The van der Waals surface area contributed by atoms with E-state index in [1.54, 1.807) is 30.3 Å². The minimum Gasteiger partial charge on any atom is -0.493 e. The van der Waals surface area contributed by atoms with E-state index in [1.165, 1.54) is 19.2 Å². The molecule has 2 aromatic carbocycles. The van der Waals surface area contributed by atoms with E-state index < -0.39 is 5.97 Å². The zero-order valence-corrected chi connectivity index (χ0v) is 14.3. The van der Waals surface area contributed by atoms with Gasteiger partial charge in [0.05, 0.1) is 13.5 Å². The Balaban J connectivity index is 1.92. The van der Waals surface area contributed by atoms with Crippen LogP contribution in [0, 0.1) is 5.82 Å². The molecule has 0 heterocycles. The summed E-state index contributed by atoms with van der Waals surface area (Å²) >= 11 is 0. The van der Waals surface area contributed by atoms with Crippen LogP contribution in [-0.4, -0.2) is 24.1 Å². The molecule has 0 aliphatic carbocycles. The number of hydrogen-bond donors (Lipinski definition) is 2. The summed E-state index contributed by atoms with van der Waals surface area (Å²) in [4.78, 5) is 22.0. The Morgan fingerprint density at radius 3 is 2.38 bits per heavy atom. The van der Waals surface area contributed by atoms with Gasteiger partial charge in [-0.2, -0.15) is 0 Å². The Morgan fingerprint density at radius 1 is 1.04 bits per heavy atom. The molecule has 26 heavy (non-hydrogen) atoms. The predicted octanol–water partition coefficient (Wildman–Crippen LogP) is 2.89. The minimum absolute atomic E-state index is 0.0642. The van der Waals surface area contributed by atoms with Gasteiger partial charge >= 0.3 is 5.97 Å². The first-order chi connectivity index (χ1) is 12.5. The van der Waals surface area contributed by atoms with E-state index in [0.717, 1.165) is 11.1 Å². The van der Waals surface area contributed by atoms with Gasteiger partial charge in [-0.25, -0.2) is 4.39 Å². The second-order valence-electron chi connectivity index (χ2n) is 5.57. The fourth-order valence-electron chi connectivity index (χ4n) is 2.19. The molecule has 0 radical (unpaired) electrons. The summed E-state index contributed by atoms with van der Waals surface area (Å²) in [6.07, 6.45) is -0.267. The maximum absolute atomic E-state index is 12.9. The lowest BCUT2D eigenvalue weighted by atomic mass is 10.2. The summed E-state index contributed by atoms with van der Waals surface area (Å²) < 4.78 is 23.9. The van der Waals surface area contributed by atoms with Gasteiger partial charge in [0.2, 0.25) is 5.91 Å². The van der Waals surface area contributed by atoms with Crippen LogP contribution >= 0.6 is 0 Å². The van der Waals surface area contributed by atoms with Crippen molar-refractivity contribution in [3.8, 4) is 11.5 Å². The molecule has 1 amide bonds. The van der Waals surface area contributed by atoms with Gasteiger partial charge in [-0.1, -0.05) is 18.2 Å². The van der Waals surface area contributed by atoms with E-state index in [9.17, 15) is 14.0 Å². The maximum Gasteiger partial charge on any atom is 0.303 e. The van der Waals surface area contributed by atoms with Crippen LogP contribution < -0.4 is 14.8 Å². The first-order valence-electron chi connectivity index (χ1n) is 8.00. The van der Waals surface area contributed by atoms with Gasteiger partial charge in [0.15, 0.2) is 11.5 Å². The van der Waals surface area contributed by atoms with E-state index >= 15 is 0 Å². The van der Waals surface area contributed by atoms with Crippen LogP contribution in [-0.2, 0) is 22.7 Å². The standard InChI is InChI=1S/C19H20FNO5/c1-25-17-10-14(11-21-18(22)8-9-19(23)24)4-7-16(17)26-12-13-2-5-15(20)6-3-13/h2-7,10H,8-9,11-12H2,1H3,(H,21,22)(H,23,24). The van der Waals surface area contributed by atoms with Crippen LogP contribution in [0.25, 0.3) is 0 Å². The summed E-state index contributed by atoms with van der Waals surface area (Å²) in [5, 5.41) is 11.2. The maximum atomic E-state index is 12.9. The Morgan fingerprint density at radius 2 is 1.73 bits per heavy atom. The average molecular weight is 361 g/mol. The van der Waals surface area contributed by atoms with E-state index in [0.29, 0.717) is 11.5 Å². The monoisotopic (exact) mass is 361 g/mol. The number of methoxy groups -OCH3 is 1. The molecule has 0 fully saturated rings. The van der Waals surface area contributed by atoms with Crippen molar-refractivity contribution in [3.63, 3.8) is 0 Å². The van der Waals surface area contributed by atoms with Crippen molar-refractivity contribution in [1.29, 1.82) is 0 Å². The number of carbonyl (C=O) groups excluding carboxylic acids is 1. The summed E-state index contributed by atoms with van der Waals surface area (Å²) in [5.41, 5.74) is 1.61. The molecule has 2 rings (SSSR count). The quantitative estimate of drug-likeness (QED) is 0.717. The molecule has 2 aromatic rings. The van der Waals surface area contributed by atoms with Gasteiger partial charge in [-0.3, -0.25) is 9.59 Å². The van der Waals surface area contributed by atoms with E-state index in [4.69, 9.17) is 14.6 Å². The number of carboxylic acids is 1. The van der Waals surface area contributed by atoms with Crippen molar-refractivity contribution in [2.75, 3.05) is 7.11 Å². The smallest absolute Gasteiger partial charge is 0.303 e. The number of rotatable bonds is 9. The molecule has 0 bridgehead atoms. The highest BCUT2D eigenvalue weighted by molar-refractivity contribution is 5.80. The van der Waals surface area contributed by atoms with Gasteiger partial charge in [0.25, 0.3) is 0 Å². The number of benzene rings is 2. The SMILES string of the molecule is COc1cc(CNC(=O)CCC(=O)O)ccc1OCc1ccc(F)cc1. The van der Waals surface area contributed by atoms with Crippen molar-refractivity contribution in [1.82, 2.24) is 5.32 Å². The van der Waals surface area contributed by atoms with Gasteiger partial charge in [-0.15, -0.1) is 0 Å². The Hall–Kier alpha value is -3.09. The molecule has 0 unspecified atom stereocenters. The van der Waals surface area contributed by atoms with Gasteiger partial charge in [0, 0.05) is 13.0 Å². The molecule has 6 nitrogen and oxygen atoms in total. The molecular formula is C19H20FNO5. The van der Waals surface area contributed by atoms with Crippen LogP contribution in [0.4, 0.5) is 4.39 Å². The number of carbonyl (C=O) groups is 2. The van der Waals surface area contributed by atoms with E-state index in [1.807, 2.05) is 0 Å². The van der Waals surface area contributed by atoms with Gasteiger partial charge < -0.3 is 19.9 Å². The second-order valence-corrected chi connectivity index (χ2v) is 5.57. The third-order valence-corrected chi connectivity index (χ3v) is 3.59. The number of aliphatic carboxylic acids is 1. The molecule has 0 spiro atoms. The average Bonchev–Trinajstić information content (AvgIpc) is 2.64. The van der Waals surface area contributed by atoms with E-state index in [2.05, 4.69) is 5.32 Å². The Labute approximate surface area is 150 Å². The molecule has 2 N–H and O–H groups in total. The molecule has 0 aromatic heterocycles. The lowest BCUT2D eigenvalue weighted by Gasteiger charge is -2.13. The second kappa shape index (κ2) is 9.41. The molecule has 138 valence electrons. The topological polar surface area (TPSA) is 84.9 Å². The highest BCUT2D eigenvalue weighted by Gasteiger charge is 2.09. The summed E-state index contributed by atoms with van der Waals surface area (Å²) in [5.74, 6) is -0.615. The Kier molecular flexibility index (Phi) is 6.96. The van der Waals surface area contributed by atoms with Gasteiger partial charge in [0.1, 0.15) is 12.4 Å². The number of halogens is 1. The molecular weight excluding hydrogens is 341 g/mol. The number of nitrogens with one attached hydrogen (secondary N) is 1. The van der Waals surface area contributed by atoms with Crippen molar-refractivity contribution in [2.24, 2.45) is 0 Å². The molecule has 0 saturated heterocycles. The van der Waals surface area contributed by atoms with E-state index in [-0.39, 0.29) is 37.7 Å². The van der Waals surface area contributed by atoms with Crippen LogP contribution in [0.3, 0.4) is 0 Å². The molecule has 0 atom stereocenters. The Bertz CT molecular complexity index is 761. The van der Waals surface area contributed by atoms with Crippen LogP contribution in [0.5, 0.6) is 11.5 Å². The number of amides is 1. The molecule has 7 heteroatoms. The van der Waals surface area contributed by atoms with Crippen LogP contribution in [0.1, 0.15) is 24.0 Å². The third kappa shape index (κ3) is 6.08. The number of hydrogen-bond acceptors (Lipinski definition) is 4.